The van der Waals surface area contributed by atoms with Gasteiger partial charge in [0.1, 0.15) is 0 Å². The standard InChI is InChI=1S/C14H22N2O3S/c1-10-6-7-11(8-12(10)20(18,19)15-5)16-13(17)9-14(2,3)4/h6-8,15H,9H2,1-5H3,(H,16,17). The van der Waals surface area contributed by atoms with Crippen molar-refractivity contribution < 1.29 is 13.2 Å². The molecule has 0 aromatic heterocycles. The first-order chi connectivity index (χ1) is 9.05. The first-order valence-corrected chi connectivity index (χ1v) is 7.87. The first kappa shape index (κ1) is 16.7. The third-order valence-corrected chi connectivity index (χ3v) is 4.28. The summed E-state index contributed by atoms with van der Waals surface area (Å²) in [6.07, 6.45) is 0.370. The van der Waals surface area contributed by atoms with E-state index < -0.39 is 10.0 Å². The summed E-state index contributed by atoms with van der Waals surface area (Å²) >= 11 is 0. The van der Waals surface area contributed by atoms with Crippen molar-refractivity contribution in [1.29, 1.82) is 0 Å². The van der Waals surface area contributed by atoms with E-state index in [0.717, 1.165) is 0 Å². The van der Waals surface area contributed by atoms with Gasteiger partial charge in [-0.2, -0.15) is 0 Å². The van der Waals surface area contributed by atoms with Crippen molar-refractivity contribution in [3.63, 3.8) is 0 Å². The molecule has 1 aromatic carbocycles. The van der Waals surface area contributed by atoms with Gasteiger partial charge in [-0.25, -0.2) is 13.1 Å². The van der Waals surface area contributed by atoms with Crippen LogP contribution < -0.4 is 10.0 Å². The SMILES string of the molecule is CNS(=O)(=O)c1cc(NC(=O)CC(C)(C)C)ccc1C. The van der Waals surface area contributed by atoms with Crippen molar-refractivity contribution in [2.45, 2.75) is 39.0 Å². The zero-order valence-corrected chi connectivity index (χ0v) is 13.4. The minimum absolute atomic E-state index is 0.116. The number of hydrogen-bond acceptors (Lipinski definition) is 3. The molecule has 5 nitrogen and oxygen atoms in total. The lowest BCUT2D eigenvalue weighted by Gasteiger charge is -2.17. The van der Waals surface area contributed by atoms with Gasteiger partial charge >= 0.3 is 0 Å². The molecule has 0 atom stereocenters. The number of hydrogen-bond donors (Lipinski definition) is 2. The maximum absolute atomic E-state index is 11.9. The summed E-state index contributed by atoms with van der Waals surface area (Å²) in [7, 11) is -2.16. The van der Waals surface area contributed by atoms with Crippen LogP contribution in [0.3, 0.4) is 0 Å². The van der Waals surface area contributed by atoms with Crippen LogP contribution >= 0.6 is 0 Å². The van der Waals surface area contributed by atoms with Crippen LogP contribution in [0.2, 0.25) is 0 Å². The average molecular weight is 298 g/mol. The summed E-state index contributed by atoms with van der Waals surface area (Å²) in [5, 5.41) is 2.73. The molecule has 0 aliphatic heterocycles. The number of benzene rings is 1. The Labute approximate surface area is 120 Å². The Morgan fingerprint density at radius 2 is 1.85 bits per heavy atom. The molecule has 1 amide bonds. The van der Waals surface area contributed by atoms with Crippen LogP contribution in [0.25, 0.3) is 0 Å². The van der Waals surface area contributed by atoms with Crippen molar-refractivity contribution in [1.82, 2.24) is 4.72 Å². The molecule has 0 unspecified atom stereocenters. The van der Waals surface area contributed by atoms with Crippen molar-refractivity contribution in [3.05, 3.63) is 23.8 Å². The predicted octanol–water partition coefficient (Wildman–Crippen LogP) is 2.28. The molecular weight excluding hydrogens is 276 g/mol. The van der Waals surface area contributed by atoms with Crippen LogP contribution in [-0.4, -0.2) is 21.4 Å². The lowest BCUT2D eigenvalue weighted by Crippen LogP contribution is -2.21. The third kappa shape index (κ3) is 4.61. The number of rotatable bonds is 4. The fourth-order valence-corrected chi connectivity index (χ4v) is 2.76. The molecule has 0 heterocycles. The second kappa shape index (κ2) is 5.93. The van der Waals surface area contributed by atoms with E-state index in [1.807, 2.05) is 20.8 Å². The highest BCUT2D eigenvalue weighted by Crippen LogP contribution is 2.22. The smallest absolute Gasteiger partial charge is 0.240 e. The Morgan fingerprint density at radius 3 is 2.35 bits per heavy atom. The Bertz CT molecular complexity index is 601. The lowest BCUT2D eigenvalue weighted by atomic mass is 9.92. The molecule has 2 N–H and O–H groups in total. The number of nitrogens with one attached hydrogen (secondary N) is 2. The third-order valence-electron chi connectivity index (χ3n) is 2.72. The van der Waals surface area contributed by atoms with Gasteiger partial charge in [0, 0.05) is 12.1 Å². The predicted molar refractivity (Wildman–Crippen MR) is 80.1 cm³/mol. The molecule has 0 radical (unpaired) electrons. The normalized spacial score (nSPS) is 12.2. The van der Waals surface area contributed by atoms with E-state index in [2.05, 4.69) is 10.0 Å². The van der Waals surface area contributed by atoms with Gasteiger partial charge in [0.05, 0.1) is 4.90 Å². The molecule has 112 valence electrons. The molecule has 0 aliphatic rings. The fraction of sp³-hybridized carbons (Fsp3) is 0.500. The van der Waals surface area contributed by atoms with Gasteiger partial charge in [-0.1, -0.05) is 26.8 Å². The molecule has 1 rings (SSSR count). The number of aryl methyl sites for hydroxylation is 1. The Hall–Kier alpha value is -1.40. The van der Waals surface area contributed by atoms with Crippen LogP contribution in [0, 0.1) is 12.3 Å². The van der Waals surface area contributed by atoms with E-state index in [4.69, 9.17) is 0 Å². The largest absolute Gasteiger partial charge is 0.326 e. The molecule has 6 heteroatoms. The molecule has 1 aromatic rings. The molecule has 0 spiro atoms. The Morgan fingerprint density at radius 1 is 1.25 bits per heavy atom. The highest BCUT2D eigenvalue weighted by atomic mass is 32.2. The highest BCUT2D eigenvalue weighted by Gasteiger charge is 2.18. The number of anilines is 1. The summed E-state index contributed by atoms with van der Waals surface area (Å²) in [5.74, 6) is -0.130. The quantitative estimate of drug-likeness (QED) is 0.895. The lowest BCUT2D eigenvalue weighted by molar-refractivity contribution is -0.117. The van der Waals surface area contributed by atoms with Gasteiger partial charge in [0.25, 0.3) is 0 Å². The monoisotopic (exact) mass is 298 g/mol. The second-order valence-corrected chi connectivity index (χ2v) is 7.83. The average Bonchev–Trinajstić information content (AvgIpc) is 2.29. The maximum Gasteiger partial charge on any atom is 0.240 e. The van der Waals surface area contributed by atoms with Crippen LogP contribution in [-0.2, 0) is 14.8 Å². The Balaban J connectivity index is 3.00. The number of carbonyl (C=O) groups excluding carboxylic acids is 1. The summed E-state index contributed by atoms with van der Waals surface area (Å²) in [6.45, 7) is 7.63. The van der Waals surface area contributed by atoms with E-state index in [1.54, 1.807) is 19.1 Å². The zero-order chi connectivity index (χ0) is 15.6. The molecule has 0 saturated carbocycles. The minimum Gasteiger partial charge on any atom is -0.326 e. The molecule has 0 aliphatic carbocycles. The fourth-order valence-electron chi connectivity index (χ4n) is 1.76. The highest BCUT2D eigenvalue weighted by molar-refractivity contribution is 7.89. The minimum atomic E-state index is -3.52. The van der Waals surface area contributed by atoms with Gasteiger partial charge < -0.3 is 5.32 Å². The van der Waals surface area contributed by atoms with Crippen LogP contribution in [0.15, 0.2) is 23.1 Å². The van der Waals surface area contributed by atoms with Crippen molar-refractivity contribution in [3.8, 4) is 0 Å². The zero-order valence-electron chi connectivity index (χ0n) is 12.6. The molecular formula is C14H22N2O3S. The van der Waals surface area contributed by atoms with Crippen LogP contribution in [0.1, 0.15) is 32.8 Å². The van der Waals surface area contributed by atoms with Crippen molar-refractivity contribution >= 4 is 21.6 Å². The van der Waals surface area contributed by atoms with E-state index in [9.17, 15) is 13.2 Å². The molecule has 0 fully saturated rings. The van der Waals surface area contributed by atoms with E-state index >= 15 is 0 Å². The van der Waals surface area contributed by atoms with Gasteiger partial charge in [0.2, 0.25) is 15.9 Å². The van der Waals surface area contributed by atoms with Crippen molar-refractivity contribution in [2.24, 2.45) is 5.41 Å². The first-order valence-electron chi connectivity index (χ1n) is 6.39. The number of amides is 1. The van der Waals surface area contributed by atoms with E-state index in [1.165, 1.54) is 13.1 Å². The summed E-state index contributed by atoms with van der Waals surface area (Å²) in [4.78, 5) is 12.0. The van der Waals surface area contributed by atoms with Crippen LogP contribution in [0.4, 0.5) is 5.69 Å². The number of sulfonamides is 1. The maximum atomic E-state index is 11.9. The van der Waals surface area contributed by atoms with E-state index in [-0.39, 0.29) is 16.2 Å². The topological polar surface area (TPSA) is 75.3 Å². The van der Waals surface area contributed by atoms with Gasteiger partial charge in [-0.15, -0.1) is 0 Å². The number of carbonyl (C=O) groups is 1. The van der Waals surface area contributed by atoms with Crippen molar-refractivity contribution in [2.75, 3.05) is 12.4 Å². The van der Waals surface area contributed by atoms with E-state index in [0.29, 0.717) is 17.7 Å². The summed E-state index contributed by atoms with van der Waals surface area (Å²) in [6, 6.07) is 4.85. The van der Waals surface area contributed by atoms with Gasteiger partial charge in [0.15, 0.2) is 0 Å². The van der Waals surface area contributed by atoms with Crippen LogP contribution in [0.5, 0.6) is 0 Å². The summed E-state index contributed by atoms with van der Waals surface area (Å²) < 4.78 is 26.0. The van der Waals surface area contributed by atoms with Gasteiger partial charge in [-0.05, 0) is 37.1 Å². The van der Waals surface area contributed by atoms with Gasteiger partial charge in [-0.3, -0.25) is 4.79 Å². The summed E-state index contributed by atoms with van der Waals surface area (Å²) in [5.41, 5.74) is 1.00. The second-order valence-electron chi connectivity index (χ2n) is 5.97. The Kier molecular flexibility index (Phi) is 4.94. The molecule has 0 bridgehead atoms. The molecule has 20 heavy (non-hydrogen) atoms. The molecule has 0 saturated heterocycles.